The first-order valence-corrected chi connectivity index (χ1v) is 6.42. The second-order valence-corrected chi connectivity index (χ2v) is 6.17. The highest BCUT2D eigenvalue weighted by molar-refractivity contribution is 5.38. The Balaban J connectivity index is 1.79. The molecule has 1 aromatic rings. The molecule has 1 saturated heterocycles. The topological polar surface area (TPSA) is 32.3 Å². The van der Waals surface area contributed by atoms with E-state index in [0.717, 1.165) is 18.8 Å². The van der Waals surface area contributed by atoms with E-state index in [2.05, 4.69) is 35.6 Å². The van der Waals surface area contributed by atoms with E-state index in [0.29, 0.717) is 19.0 Å². The van der Waals surface area contributed by atoms with Crippen LogP contribution in [0.4, 0.5) is 10.3 Å². The maximum absolute atomic E-state index is 12.8. The van der Waals surface area contributed by atoms with E-state index in [1.807, 2.05) is 11.1 Å². The van der Waals surface area contributed by atoms with Crippen molar-refractivity contribution < 1.29 is 4.39 Å². The summed E-state index contributed by atoms with van der Waals surface area (Å²) in [5.74, 6) is 0.679. The number of alkyl halides is 1. The Labute approximate surface area is 107 Å². The van der Waals surface area contributed by atoms with Gasteiger partial charge >= 0.3 is 0 Å². The molecule has 1 fully saturated rings. The van der Waals surface area contributed by atoms with Crippen LogP contribution in [0.25, 0.3) is 0 Å². The molecule has 0 bridgehead atoms. The zero-order chi connectivity index (χ0) is 12.9. The van der Waals surface area contributed by atoms with Crippen LogP contribution in [0.2, 0.25) is 0 Å². The molecule has 3 rings (SSSR count). The largest absolute Gasteiger partial charge is 0.335 e. The summed E-state index contributed by atoms with van der Waals surface area (Å²) in [5, 5.41) is 0. The fourth-order valence-corrected chi connectivity index (χ4v) is 2.36. The van der Waals surface area contributed by atoms with Gasteiger partial charge in [0.15, 0.2) is 0 Å². The zero-order valence-corrected chi connectivity index (χ0v) is 11.1. The summed E-state index contributed by atoms with van der Waals surface area (Å²) >= 11 is 0. The molecule has 2 aliphatic heterocycles. The van der Waals surface area contributed by atoms with Gasteiger partial charge in [0, 0.05) is 30.4 Å². The van der Waals surface area contributed by atoms with Crippen molar-refractivity contribution in [3.63, 3.8) is 0 Å². The summed E-state index contributed by atoms with van der Waals surface area (Å²) in [6.07, 6.45) is 1.18. The Bertz CT molecular complexity index is 463. The van der Waals surface area contributed by atoms with E-state index >= 15 is 0 Å². The van der Waals surface area contributed by atoms with Gasteiger partial charge in [-0.2, -0.15) is 0 Å². The molecule has 18 heavy (non-hydrogen) atoms. The average Bonchev–Trinajstić information content (AvgIpc) is 2.66. The van der Waals surface area contributed by atoms with Gasteiger partial charge in [0.25, 0.3) is 0 Å². The quantitative estimate of drug-likeness (QED) is 0.760. The van der Waals surface area contributed by atoms with Crippen LogP contribution in [0.3, 0.4) is 0 Å². The van der Waals surface area contributed by atoms with Gasteiger partial charge in [0.05, 0.1) is 18.8 Å². The van der Waals surface area contributed by atoms with E-state index in [1.165, 1.54) is 5.56 Å². The number of rotatable bonds is 1. The SMILES string of the molecule is CC(C)(C)N1Cc2cnc(N3CC(F)C3)nc2C1. The minimum atomic E-state index is -0.715. The van der Waals surface area contributed by atoms with Crippen LogP contribution >= 0.6 is 0 Å². The maximum Gasteiger partial charge on any atom is 0.225 e. The molecular weight excluding hydrogens is 231 g/mol. The summed E-state index contributed by atoms with van der Waals surface area (Å²) < 4.78 is 12.8. The third kappa shape index (κ3) is 1.96. The molecule has 1 aromatic heterocycles. The van der Waals surface area contributed by atoms with Gasteiger partial charge in [-0.05, 0) is 20.8 Å². The molecule has 3 heterocycles. The van der Waals surface area contributed by atoms with Crippen LogP contribution in [0, 0.1) is 0 Å². The highest BCUT2D eigenvalue weighted by Gasteiger charge is 2.32. The second-order valence-electron chi connectivity index (χ2n) is 6.17. The molecule has 0 spiro atoms. The van der Waals surface area contributed by atoms with E-state index in [-0.39, 0.29) is 5.54 Å². The molecule has 0 atom stereocenters. The lowest BCUT2D eigenvalue weighted by molar-refractivity contribution is 0.135. The molecule has 0 aromatic carbocycles. The van der Waals surface area contributed by atoms with Crippen molar-refractivity contribution in [2.45, 2.75) is 45.6 Å². The number of hydrogen-bond acceptors (Lipinski definition) is 4. The number of hydrogen-bond donors (Lipinski definition) is 0. The second kappa shape index (κ2) is 3.88. The normalized spacial score (nSPS) is 21.0. The monoisotopic (exact) mass is 250 g/mol. The number of anilines is 1. The Kier molecular flexibility index (Phi) is 2.55. The standard InChI is InChI=1S/C13H19FN4/c1-13(2,3)18-5-9-4-15-12(16-11(9)8-18)17-6-10(14)7-17/h4,10H,5-8H2,1-3H3. The lowest BCUT2D eigenvalue weighted by Gasteiger charge is -2.34. The predicted octanol–water partition coefficient (Wildman–Crippen LogP) is 1.75. The Morgan fingerprint density at radius 3 is 2.61 bits per heavy atom. The van der Waals surface area contributed by atoms with Gasteiger partial charge in [0.2, 0.25) is 5.95 Å². The molecule has 4 nitrogen and oxygen atoms in total. The third-order valence-corrected chi connectivity index (χ3v) is 3.71. The molecule has 0 amide bonds. The lowest BCUT2D eigenvalue weighted by atomic mass is 10.1. The van der Waals surface area contributed by atoms with E-state index in [4.69, 9.17) is 0 Å². The van der Waals surface area contributed by atoms with Gasteiger partial charge < -0.3 is 4.90 Å². The predicted molar refractivity (Wildman–Crippen MR) is 68.1 cm³/mol. The zero-order valence-electron chi connectivity index (χ0n) is 11.1. The molecule has 98 valence electrons. The number of fused-ring (bicyclic) bond motifs is 1. The van der Waals surface area contributed by atoms with Gasteiger partial charge in [-0.15, -0.1) is 0 Å². The van der Waals surface area contributed by atoms with Crippen molar-refractivity contribution in [3.05, 3.63) is 17.5 Å². The summed E-state index contributed by atoms with van der Waals surface area (Å²) in [4.78, 5) is 13.2. The number of halogens is 1. The van der Waals surface area contributed by atoms with Gasteiger partial charge in [-0.1, -0.05) is 0 Å². The first-order valence-electron chi connectivity index (χ1n) is 6.42. The molecule has 2 aliphatic rings. The number of aromatic nitrogens is 2. The van der Waals surface area contributed by atoms with Crippen LogP contribution in [0.1, 0.15) is 32.0 Å². The Hall–Kier alpha value is -1.23. The van der Waals surface area contributed by atoms with Gasteiger partial charge in [-0.25, -0.2) is 14.4 Å². The fraction of sp³-hybridized carbons (Fsp3) is 0.692. The maximum atomic E-state index is 12.8. The summed E-state index contributed by atoms with van der Waals surface area (Å²) in [5.41, 5.74) is 2.44. The Morgan fingerprint density at radius 1 is 1.28 bits per heavy atom. The molecule has 0 saturated carbocycles. The highest BCUT2D eigenvalue weighted by atomic mass is 19.1. The highest BCUT2D eigenvalue weighted by Crippen LogP contribution is 2.29. The molecular formula is C13H19FN4. The minimum absolute atomic E-state index is 0.141. The van der Waals surface area contributed by atoms with E-state index in [9.17, 15) is 4.39 Å². The van der Waals surface area contributed by atoms with Crippen LogP contribution in [-0.4, -0.2) is 39.7 Å². The summed E-state index contributed by atoms with van der Waals surface area (Å²) in [7, 11) is 0. The molecule has 0 radical (unpaired) electrons. The van der Waals surface area contributed by atoms with E-state index < -0.39 is 6.17 Å². The molecule has 0 N–H and O–H groups in total. The first-order chi connectivity index (χ1) is 8.43. The van der Waals surface area contributed by atoms with Crippen LogP contribution in [0.5, 0.6) is 0 Å². The van der Waals surface area contributed by atoms with Crippen molar-refractivity contribution in [3.8, 4) is 0 Å². The van der Waals surface area contributed by atoms with Gasteiger partial charge in [-0.3, -0.25) is 4.90 Å². The molecule has 5 heteroatoms. The van der Waals surface area contributed by atoms with E-state index in [1.54, 1.807) is 0 Å². The molecule has 0 unspecified atom stereocenters. The fourth-order valence-electron chi connectivity index (χ4n) is 2.36. The minimum Gasteiger partial charge on any atom is -0.335 e. The van der Waals surface area contributed by atoms with Crippen molar-refractivity contribution >= 4 is 5.95 Å². The van der Waals surface area contributed by atoms with Crippen molar-refractivity contribution in [1.29, 1.82) is 0 Å². The number of nitrogens with zero attached hydrogens (tertiary/aromatic N) is 4. The molecule has 0 aliphatic carbocycles. The summed E-state index contributed by atoms with van der Waals surface area (Å²) in [6.45, 7) is 9.25. The van der Waals surface area contributed by atoms with Crippen molar-refractivity contribution in [1.82, 2.24) is 14.9 Å². The Morgan fingerprint density at radius 2 is 2.00 bits per heavy atom. The van der Waals surface area contributed by atoms with Gasteiger partial charge in [0.1, 0.15) is 6.17 Å². The third-order valence-electron chi connectivity index (χ3n) is 3.71. The van der Waals surface area contributed by atoms with Crippen LogP contribution in [0.15, 0.2) is 6.20 Å². The smallest absolute Gasteiger partial charge is 0.225 e. The lowest BCUT2D eigenvalue weighted by Crippen LogP contribution is -2.49. The van der Waals surface area contributed by atoms with Crippen LogP contribution in [-0.2, 0) is 13.1 Å². The first kappa shape index (κ1) is 11.8. The summed E-state index contributed by atoms with van der Waals surface area (Å²) in [6, 6.07) is 0. The van der Waals surface area contributed by atoms with Crippen molar-refractivity contribution in [2.24, 2.45) is 0 Å². The average molecular weight is 250 g/mol. The van der Waals surface area contributed by atoms with Crippen LogP contribution < -0.4 is 4.90 Å². The van der Waals surface area contributed by atoms with Crippen molar-refractivity contribution in [2.75, 3.05) is 18.0 Å².